The van der Waals surface area contributed by atoms with Gasteiger partial charge in [0.2, 0.25) is 5.95 Å². The summed E-state index contributed by atoms with van der Waals surface area (Å²) in [5, 5.41) is 7.10. The highest BCUT2D eigenvalue weighted by Gasteiger charge is 2.12. The number of amides is 1. The van der Waals surface area contributed by atoms with Crippen LogP contribution in [0.4, 0.5) is 17.3 Å². The number of aromatic nitrogens is 3. The molecule has 6 heteroatoms. The maximum Gasteiger partial charge on any atom is 0.274 e. The summed E-state index contributed by atoms with van der Waals surface area (Å²) in [6.45, 7) is 3.93. The van der Waals surface area contributed by atoms with E-state index in [1.807, 2.05) is 61.5 Å². The smallest absolute Gasteiger partial charge is 0.274 e. The third-order valence-electron chi connectivity index (χ3n) is 4.59. The lowest BCUT2D eigenvalue weighted by Crippen LogP contribution is -2.15. The molecule has 2 aromatic heterocycles. The highest BCUT2D eigenvalue weighted by Crippen LogP contribution is 2.23. The first-order valence-corrected chi connectivity index (χ1v) is 9.49. The minimum Gasteiger partial charge on any atom is -0.322 e. The van der Waals surface area contributed by atoms with Crippen LogP contribution in [0.3, 0.4) is 0 Å². The van der Waals surface area contributed by atoms with E-state index in [0.717, 1.165) is 28.7 Å². The number of nitrogens with zero attached hydrogens (tertiary/aromatic N) is 3. The zero-order valence-corrected chi connectivity index (χ0v) is 16.3. The van der Waals surface area contributed by atoms with Crippen LogP contribution in [-0.2, 0) is 6.42 Å². The van der Waals surface area contributed by atoms with Gasteiger partial charge in [0.25, 0.3) is 5.91 Å². The second-order valence-corrected chi connectivity index (χ2v) is 6.73. The highest BCUT2D eigenvalue weighted by atomic mass is 16.1. The number of carbonyl (C=O) groups excluding carboxylic acids is 1. The summed E-state index contributed by atoms with van der Waals surface area (Å²) >= 11 is 0. The Balaban J connectivity index is 1.59. The molecule has 0 aliphatic heterocycles. The number of fused-ring (bicyclic) bond motifs is 1. The van der Waals surface area contributed by atoms with Crippen molar-refractivity contribution in [3.8, 4) is 0 Å². The number of carbonyl (C=O) groups is 1. The molecular formula is C23H21N5O. The fourth-order valence-electron chi connectivity index (χ4n) is 3.09. The molecule has 0 radical (unpaired) electrons. The Hall–Kier alpha value is -3.80. The number of hydrogen-bond donors (Lipinski definition) is 2. The van der Waals surface area contributed by atoms with E-state index < -0.39 is 0 Å². The molecule has 2 heterocycles. The van der Waals surface area contributed by atoms with E-state index in [1.165, 1.54) is 5.56 Å². The maximum atomic E-state index is 12.7. The Morgan fingerprint density at radius 3 is 2.59 bits per heavy atom. The molecule has 0 saturated heterocycles. The molecule has 4 aromatic rings. The predicted octanol–water partition coefficient (Wildman–Crippen LogP) is 4.89. The first-order valence-electron chi connectivity index (χ1n) is 9.49. The first kappa shape index (κ1) is 18.6. The van der Waals surface area contributed by atoms with Crippen LogP contribution in [-0.4, -0.2) is 20.9 Å². The molecule has 1 amide bonds. The summed E-state index contributed by atoms with van der Waals surface area (Å²) in [6, 6.07) is 19.2. The zero-order chi connectivity index (χ0) is 20.2. The lowest BCUT2D eigenvalue weighted by atomic mass is 10.1. The van der Waals surface area contributed by atoms with E-state index >= 15 is 0 Å². The SMILES string of the molecule is CCc1ccc(NC(=O)c2cc(C)nc(Nc3cccc4cccnc34)n2)cc1. The summed E-state index contributed by atoms with van der Waals surface area (Å²) in [5.74, 6) is 0.0773. The Bertz CT molecular complexity index is 1170. The van der Waals surface area contributed by atoms with Gasteiger partial charge in [-0.1, -0.05) is 37.3 Å². The molecule has 0 aliphatic rings. The topological polar surface area (TPSA) is 79.8 Å². The van der Waals surface area contributed by atoms with Crippen LogP contribution in [0.2, 0.25) is 0 Å². The van der Waals surface area contributed by atoms with Crippen LogP contribution >= 0.6 is 0 Å². The molecule has 0 atom stereocenters. The van der Waals surface area contributed by atoms with Gasteiger partial charge in [0.15, 0.2) is 0 Å². The fraction of sp³-hybridized carbons (Fsp3) is 0.130. The number of pyridine rings is 1. The highest BCUT2D eigenvalue weighted by molar-refractivity contribution is 6.03. The summed E-state index contributed by atoms with van der Waals surface area (Å²) in [6.07, 6.45) is 2.70. The van der Waals surface area contributed by atoms with Gasteiger partial charge < -0.3 is 10.6 Å². The predicted molar refractivity (Wildman–Crippen MR) is 116 cm³/mol. The van der Waals surface area contributed by atoms with Crippen LogP contribution < -0.4 is 10.6 Å². The van der Waals surface area contributed by atoms with Gasteiger partial charge in [-0.05, 0) is 49.2 Å². The van der Waals surface area contributed by atoms with E-state index in [9.17, 15) is 4.79 Å². The Morgan fingerprint density at radius 1 is 1.00 bits per heavy atom. The van der Waals surface area contributed by atoms with Crippen molar-refractivity contribution in [2.45, 2.75) is 20.3 Å². The second-order valence-electron chi connectivity index (χ2n) is 6.73. The van der Waals surface area contributed by atoms with E-state index in [2.05, 4.69) is 32.5 Å². The van der Waals surface area contributed by atoms with Crippen molar-refractivity contribution in [3.63, 3.8) is 0 Å². The molecular weight excluding hydrogens is 362 g/mol. The summed E-state index contributed by atoms with van der Waals surface area (Å²) < 4.78 is 0. The van der Waals surface area contributed by atoms with Gasteiger partial charge in [-0.3, -0.25) is 9.78 Å². The number of para-hydroxylation sites is 1. The number of aryl methyl sites for hydroxylation is 2. The molecule has 2 aromatic carbocycles. The van der Waals surface area contributed by atoms with Crippen molar-refractivity contribution in [3.05, 3.63) is 83.8 Å². The van der Waals surface area contributed by atoms with Crippen LogP contribution in [0, 0.1) is 6.92 Å². The average molecular weight is 383 g/mol. The molecule has 0 bridgehead atoms. The Kier molecular flexibility index (Phi) is 5.16. The molecule has 29 heavy (non-hydrogen) atoms. The van der Waals surface area contributed by atoms with Gasteiger partial charge in [0.05, 0.1) is 11.2 Å². The molecule has 0 saturated carbocycles. The maximum absolute atomic E-state index is 12.7. The third-order valence-corrected chi connectivity index (χ3v) is 4.59. The van der Waals surface area contributed by atoms with Gasteiger partial charge in [-0.25, -0.2) is 9.97 Å². The van der Waals surface area contributed by atoms with Crippen LogP contribution in [0.1, 0.15) is 28.7 Å². The van der Waals surface area contributed by atoms with Crippen molar-refractivity contribution in [1.29, 1.82) is 0 Å². The van der Waals surface area contributed by atoms with E-state index in [-0.39, 0.29) is 5.91 Å². The standard InChI is InChI=1S/C23H21N5O/c1-3-16-9-11-18(12-10-16)26-22(29)20-14-15(2)25-23(28-20)27-19-8-4-6-17-7-5-13-24-21(17)19/h4-14H,3H2,1-2H3,(H,26,29)(H,25,27,28). The Morgan fingerprint density at radius 2 is 1.79 bits per heavy atom. The number of rotatable bonds is 5. The van der Waals surface area contributed by atoms with E-state index in [4.69, 9.17) is 0 Å². The lowest BCUT2D eigenvalue weighted by molar-refractivity contribution is 0.102. The summed E-state index contributed by atoms with van der Waals surface area (Å²) in [4.78, 5) is 25.9. The monoisotopic (exact) mass is 383 g/mol. The molecule has 0 aliphatic carbocycles. The third kappa shape index (κ3) is 4.21. The van der Waals surface area contributed by atoms with E-state index in [0.29, 0.717) is 17.3 Å². The molecule has 0 unspecified atom stereocenters. The molecule has 6 nitrogen and oxygen atoms in total. The van der Waals surface area contributed by atoms with Crippen molar-refractivity contribution in [2.75, 3.05) is 10.6 Å². The lowest BCUT2D eigenvalue weighted by Gasteiger charge is -2.10. The van der Waals surface area contributed by atoms with Crippen molar-refractivity contribution in [1.82, 2.24) is 15.0 Å². The average Bonchev–Trinajstić information content (AvgIpc) is 2.74. The quantitative estimate of drug-likeness (QED) is 0.513. The van der Waals surface area contributed by atoms with Gasteiger partial charge in [-0.2, -0.15) is 0 Å². The molecule has 0 spiro atoms. The molecule has 144 valence electrons. The number of anilines is 3. The van der Waals surface area contributed by atoms with E-state index in [1.54, 1.807) is 12.3 Å². The van der Waals surface area contributed by atoms with Gasteiger partial charge in [0, 0.05) is 23.0 Å². The Labute approximate surface area is 169 Å². The van der Waals surface area contributed by atoms with Crippen molar-refractivity contribution >= 4 is 34.1 Å². The number of nitrogens with one attached hydrogen (secondary N) is 2. The van der Waals surface area contributed by atoms with Gasteiger partial charge in [-0.15, -0.1) is 0 Å². The molecule has 4 rings (SSSR count). The number of hydrogen-bond acceptors (Lipinski definition) is 5. The summed E-state index contributed by atoms with van der Waals surface area (Å²) in [5.41, 5.74) is 4.56. The zero-order valence-electron chi connectivity index (χ0n) is 16.3. The fourth-order valence-corrected chi connectivity index (χ4v) is 3.09. The van der Waals surface area contributed by atoms with Gasteiger partial charge in [0.1, 0.15) is 5.69 Å². The minimum atomic E-state index is -0.279. The van der Waals surface area contributed by atoms with Gasteiger partial charge >= 0.3 is 0 Å². The second kappa shape index (κ2) is 8.06. The minimum absolute atomic E-state index is 0.279. The molecule has 2 N–H and O–H groups in total. The van der Waals surface area contributed by atoms with Crippen LogP contribution in [0.25, 0.3) is 10.9 Å². The summed E-state index contributed by atoms with van der Waals surface area (Å²) in [7, 11) is 0. The normalized spacial score (nSPS) is 10.7. The molecule has 0 fully saturated rings. The van der Waals surface area contributed by atoms with Crippen molar-refractivity contribution in [2.24, 2.45) is 0 Å². The van der Waals surface area contributed by atoms with Crippen LogP contribution in [0.5, 0.6) is 0 Å². The first-order chi connectivity index (χ1) is 14.1. The number of benzene rings is 2. The largest absolute Gasteiger partial charge is 0.322 e. The van der Waals surface area contributed by atoms with Crippen LogP contribution in [0.15, 0.2) is 66.9 Å². The van der Waals surface area contributed by atoms with Crippen molar-refractivity contribution < 1.29 is 4.79 Å².